The number of nitrogens with two attached hydrogens (primary N) is 1. The lowest BCUT2D eigenvalue weighted by molar-refractivity contribution is 0.102. The van der Waals surface area contributed by atoms with Crippen LogP contribution >= 0.6 is 0 Å². The first kappa shape index (κ1) is 19.9. The molecule has 3 amide bonds. The van der Waals surface area contributed by atoms with Crippen molar-refractivity contribution in [3.05, 3.63) is 84.4 Å². The molecule has 0 aliphatic heterocycles. The van der Waals surface area contributed by atoms with E-state index in [9.17, 15) is 9.59 Å². The molecule has 0 spiro atoms. The number of rotatable bonds is 5. The molecule has 0 radical (unpaired) electrons. The highest BCUT2D eigenvalue weighted by Gasteiger charge is 2.14. The summed E-state index contributed by atoms with van der Waals surface area (Å²) in [5.41, 5.74) is 8.94. The van der Waals surface area contributed by atoms with Crippen LogP contribution in [-0.2, 0) is 0 Å². The van der Waals surface area contributed by atoms with E-state index in [0.717, 1.165) is 16.7 Å². The number of amides is 3. The van der Waals surface area contributed by atoms with Gasteiger partial charge in [0.25, 0.3) is 5.91 Å². The number of aromatic nitrogens is 1. The van der Waals surface area contributed by atoms with Crippen LogP contribution in [0.5, 0.6) is 5.75 Å². The SMILES string of the molecule is COc1ccc(-c2cc(C(=O)Nc3cccc(NC(N)=O)c3)c3ccccc3n2)cc1. The first-order valence-corrected chi connectivity index (χ1v) is 9.55. The molecule has 4 rings (SSSR count). The van der Waals surface area contributed by atoms with Crippen LogP contribution in [0.25, 0.3) is 22.2 Å². The third-order valence-corrected chi connectivity index (χ3v) is 4.73. The summed E-state index contributed by atoms with van der Waals surface area (Å²) in [4.78, 5) is 29.0. The van der Waals surface area contributed by atoms with Crippen molar-refractivity contribution < 1.29 is 14.3 Å². The molecule has 4 N–H and O–H groups in total. The largest absolute Gasteiger partial charge is 0.497 e. The molecule has 0 atom stereocenters. The standard InChI is InChI=1S/C24H20N4O3/c1-31-18-11-9-15(10-12-18)22-14-20(19-7-2-3-8-21(19)28-22)23(29)26-16-5-4-6-17(13-16)27-24(25)30/h2-14H,1H3,(H,26,29)(H3,25,27,30). The first-order chi connectivity index (χ1) is 15.0. The van der Waals surface area contributed by atoms with Crippen LogP contribution in [0.15, 0.2) is 78.9 Å². The van der Waals surface area contributed by atoms with Crippen molar-refractivity contribution in [3.63, 3.8) is 0 Å². The minimum Gasteiger partial charge on any atom is -0.497 e. The molecule has 4 aromatic rings. The number of anilines is 2. The van der Waals surface area contributed by atoms with E-state index in [1.807, 2.05) is 48.5 Å². The fraction of sp³-hybridized carbons (Fsp3) is 0.0417. The van der Waals surface area contributed by atoms with Crippen molar-refractivity contribution >= 4 is 34.2 Å². The summed E-state index contributed by atoms with van der Waals surface area (Å²) in [6, 6.07) is 22.8. The topological polar surface area (TPSA) is 106 Å². The lowest BCUT2D eigenvalue weighted by atomic mass is 10.0. The monoisotopic (exact) mass is 412 g/mol. The van der Waals surface area contributed by atoms with E-state index in [4.69, 9.17) is 15.5 Å². The van der Waals surface area contributed by atoms with Gasteiger partial charge in [-0.15, -0.1) is 0 Å². The molecule has 7 heteroatoms. The maximum Gasteiger partial charge on any atom is 0.316 e. The Balaban J connectivity index is 1.72. The van der Waals surface area contributed by atoms with Crippen molar-refractivity contribution in [2.45, 2.75) is 0 Å². The summed E-state index contributed by atoms with van der Waals surface area (Å²) in [7, 11) is 1.61. The van der Waals surface area contributed by atoms with E-state index in [2.05, 4.69) is 10.6 Å². The number of pyridine rings is 1. The molecular weight excluding hydrogens is 392 g/mol. The van der Waals surface area contributed by atoms with Crippen molar-refractivity contribution in [2.75, 3.05) is 17.7 Å². The lowest BCUT2D eigenvalue weighted by Gasteiger charge is -2.12. The summed E-state index contributed by atoms with van der Waals surface area (Å²) < 4.78 is 5.22. The van der Waals surface area contributed by atoms with E-state index >= 15 is 0 Å². The second-order valence-electron chi connectivity index (χ2n) is 6.82. The molecular formula is C24H20N4O3. The van der Waals surface area contributed by atoms with Crippen LogP contribution in [0.4, 0.5) is 16.2 Å². The van der Waals surface area contributed by atoms with Gasteiger partial charge in [0.2, 0.25) is 0 Å². The average Bonchev–Trinajstić information content (AvgIpc) is 2.78. The van der Waals surface area contributed by atoms with Gasteiger partial charge in [-0.3, -0.25) is 4.79 Å². The van der Waals surface area contributed by atoms with Crippen LogP contribution in [0.1, 0.15) is 10.4 Å². The number of carbonyl (C=O) groups is 2. The number of nitrogens with one attached hydrogen (secondary N) is 2. The third-order valence-electron chi connectivity index (χ3n) is 4.73. The van der Waals surface area contributed by atoms with E-state index in [1.54, 1.807) is 37.4 Å². The van der Waals surface area contributed by atoms with Crippen LogP contribution < -0.4 is 21.1 Å². The zero-order valence-electron chi connectivity index (χ0n) is 16.8. The van der Waals surface area contributed by atoms with E-state index < -0.39 is 6.03 Å². The number of nitrogens with zero attached hydrogens (tertiary/aromatic N) is 1. The van der Waals surface area contributed by atoms with Crippen molar-refractivity contribution in [2.24, 2.45) is 5.73 Å². The molecule has 0 saturated carbocycles. The number of ether oxygens (including phenoxy) is 1. The van der Waals surface area contributed by atoms with Gasteiger partial charge in [-0.25, -0.2) is 9.78 Å². The van der Waals surface area contributed by atoms with Gasteiger partial charge in [-0.05, 0) is 54.6 Å². The number of hydrogen-bond donors (Lipinski definition) is 3. The molecule has 0 unspecified atom stereocenters. The number of para-hydroxylation sites is 1. The van der Waals surface area contributed by atoms with Gasteiger partial charge in [0, 0.05) is 22.3 Å². The zero-order valence-corrected chi connectivity index (χ0v) is 16.8. The number of carbonyl (C=O) groups excluding carboxylic acids is 2. The summed E-state index contributed by atoms with van der Waals surface area (Å²) in [6.07, 6.45) is 0. The first-order valence-electron chi connectivity index (χ1n) is 9.55. The Labute approximate surface area is 178 Å². The molecule has 0 fully saturated rings. The summed E-state index contributed by atoms with van der Waals surface area (Å²) >= 11 is 0. The lowest BCUT2D eigenvalue weighted by Crippen LogP contribution is -2.19. The van der Waals surface area contributed by atoms with Crippen molar-refractivity contribution in [1.29, 1.82) is 0 Å². The van der Waals surface area contributed by atoms with Crippen LogP contribution in [0, 0.1) is 0 Å². The summed E-state index contributed by atoms with van der Waals surface area (Å²) in [5, 5.41) is 6.12. The average molecular weight is 412 g/mol. The maximum absolute atomic E-state index is 13.2. The Kier molecular flexibility index (Phi) is 5.49. The van der Waals surface area contributed by atoms with Crippen molar-refractivity contribution in [1.82, 2.24) is 4.98 Å². The Morgan fingerprint density at radius 3 is 2.29 bits per heavy atom. The fourth-order valence-corrected chi connectivity index (χ4v) is 3.29. The molecule has 3 aromatic carbocycles. The number of fused-ring (bicyclic) bond motifs is 1. The predicted molar refractivity (Wildman–Crippen MR) is 121 cm³/mol. The highest BCUT2D eigenvalue weighted by molar-refractivity contribution is 6.13. The van der Waals surface area contributed by atoms with Gasteiger partial charge in [0.15, 0.2) is 0 Å². The smallest absolute Gasteiger partial charge is 0.316 e. The molecule has 0 aliphatic carbocycles. The predicted octanol–water partition coefficient (Wildman–Crippen LogP) is 4.65. The molecule has 0 bridgehead atoms. The summed E-state index contributed by atoms with van der Waals surface area (Å²) in [5.74, 6) is 0.455. The van der Waals surface area contributed by atoms with Crippen LogP contribution in [0.3, 0.4) is 0 Å². The van der Waals surface area contributed by atoms with Gasteiger partial charge < -0.3 is 21.1 Å². The number of hydrogen-bond acceptors (Lipinski definition) is 4. The number of methoxy groups -OCH3 is 1. The van der Waals surface area contributed by atoms with Crippen molar-refractivity contribution in [3.8, 4) is 17.0 Å². The Hall–Kier alpha value is -4.39. The minimum absolute atomic E-state index is 0.287. The van der Waals surface area contributed by atoms with Gasteiger partial charge in [0.1, 0.15) is 5.75 Å². The number of urea groups is 1. The Morgan fingerprint density at radius 1 is 0.871 bits per heavy atom. The van der Waals surface area contributed by atoms with E-state index in [1.165, 1.54) is 0 Å². The Bertz CT molecular complexity index is 1270. The second kappa shape index (κ2) is 8.54. The Morgan fingerprint density at radius 2 is 1.58 bits per heavy atom. The molecule has 31 heavy (non-hydrogen) atoms. The van der Waals surface area contributed by atoms with Gasteiger partial charge in [-0.1, -0.05) is 24.3 Å². The highest BCUT2D eigenvalue weighted by Crippen LogP contribution is 2.27. The summed E-state index contributed by atoms with van der Waals surface area (Å²) in [6.45, 7) is 0. The number of benzene rings is 3. The second-order valence-corrected chi connectivity index (χ2v) is 6.82. The molecule has 0 aliphatic rings. The van der Waals surface area contributed by atoms with Crippen LogP contribution in [-0.4, -0.2) is 24.0 Å². The molecule has 154 valence electrons. The third kappa shape index (κ3) is 4.45. The fourth-order valence-electron chi connectivity index (χ4n) is 3.29. The molecule has 7 nitrogen and oxygen atoms in total. The molecule has 0 saturated heterocycles. The zero-order chi connectivity index (χ0) is 21.8. The minimum atomic E-state index is -0.673. The maximum atomic E-state index is 13.2. The van der Waals surface area contributed by atoms with Gasteiger partial charge >= 0.3 is 6.03 Å². The quantitative estimate of drug-likeness (QED) is 0.443. The number of primary amides is 1. The van der Waals surface area contributed by atoms with Gasteiger partial charge in [-0.2, -0.15) is 0 Å². The van der Waals surface area contributed by atoms with Crippen LogP contribution in [0.2, 0.25) is 0 Å². The van der Waals surface area contributed by atoms with Gasteiger partial charge in [0.05, 0.1) is 23.9 Å². The van der Waals surface area contributed by atoms with E-state index in [0.29, 0.717) is 28.1 Å². The molecule has 1 aromatic heterocycles. The molecule has 1 heterocycles. The normalized spacial score (nSPS) is 10.5. The van der Waals surface area contributed by atoms with E-state index in [-0.39, 0.29) is 5.91 Å². The highest BCUT2D eigenvalue weighted by atomic mass is 16.5.